The minimum absolute atomic E-state index is 0.0168. The average Bonchev–Trinajstić information content (AvgIpc) is 3.00. The summed E-state index contributed by atoms with van der Waals surface area (Å²) >= 11 is 0. The Morgan fingerprint density at radius 1 is 0.800 bits per heavy atom. The molecule has 0 unspecified atom stereocenters. The molecule has 0 radical (unpaired) electrons. The van der Waals surface area contributed by atoms with Crippen LogP contribution < -0.4 is 4.74 Å². The number of methoxy groups -OCH3 is 1. The molecule has 0 N–H and O–H groups in total. The van der Waals surface area contributed by atoms with Crippen molar-refractivity contribution in [3.63, 3.8) is 0 Å². The fourth-order valence-corrected chi connectivity index (χ4v) is 12.4. The van der Waals surface area contributed by atoms with Gasteiger partial charge in [-0.3, -0.25) is 0 Å². The van der Waals surface area contributed by atoms with Crippen molar-refractivity contribution in [3.8, 4) is 5.75 Å². The first kappa shape index (κ1) is 37.4. The second kappa shape index (κ2) is 16.2. The normalized spacial score (nSPS) is 23.1. The molecule has 0 spiro atoms. The zero-order valence-corrected chi connectivity index (χ0v) is 30.8. The molecule has 0 aliphatic carbocycles. The second-order valence-corrected chi connectivity index (χ2v) is 20.1. The molecule has 7 atom stereocenters. The minimum Gasteiger partial charge on any atom is -0.497 e. The standard InChI is InChI=1S/C38H60O6Si/c1-27(17-22-34(28(2)23-39)42-26-32-18-20-33(40-11)21-19-32)35-30(4)36(29(3)24-41-25-31-15-13-12-14-16-31)44-45(43-35,37(5,6)7)38(8,9)10/h12-16,18-21,23,27-30,34-36H,17,22,24-26H2,1-11H3/t27-,28+,29-,30-,34-,35-,36-/m0/s1. The topological polar surface area (TPSA) is 63.2 Å². The van der Waals surface area contributed by atoms with Gasteiger partial charge in [-0.25, -0.2) is 0 Å². The van der Waals surface area contributed by atoms with E-state index in [1.165, 1.54) is 5.56 Å². The third-order valence-electron chi connectivity index (χ3n) is 9.56. The lowest BCUT2D eigenvalue weighted by Crippen LogP contribution is -2.67. The summed E-state index contributed by atoms with van der Waals surface area (Å²) in [6, 6.07) is 18.2. The van der Waals surface area contributed by atoms with Gasteiger partial charge in [0.2, 0.25) is 0 Å². The molecule has 252 valence electrons. The number of ether oxygens (including phenoxy) is 3. The van der Waals surface area contributed by atoms with Crippen LogP contribution in [-0.2, 0) is 36.3 Å². The smallest absolute Gasteiger partial charge is 0.349 e. The van der Waals surface area contributed by atoms with Crippen LogP contribution in [0.2, 0.25) is 10.1 Å². The van der Waals surface area contributed by atoms with Crippen LogP contribution in [0.5, 0.6) is 5.75 Å². The molecule has 1 aliphatic rings. The highest BCUT2D eigenvalue weighted by Crippen LogP contribution is 2.57. The highest BCUT2D eigenvalue weighted by Gasteiger charge is 2.64. The van der Waals surface area contributed by atoms with Gasteiger partial charge in [0.15, 0.2) is 0 Å². The van der Waals surface area contributed by atoms with Crippen LogP contribution >= 0.6 is 0 Å². The van der Waals surface area contributed by atoms with Gasteiger partial charge in [0.05, 0.1) is 45.2 Å². The fraction of sp³-hybridized carbons (Fsp3) is 0.658. The van der Waals surface area contributed by atoms with Crippen molar-refractivity contribution < 1.29 is 27.9 Å². The first-order valence-electron chi connectivity index (χ1n) is 16.8. The predicted molar refractivity (Wildman–Crippen MR) is 185 cm³/mol. The predicted octanol–water partition coefficient (Wildman–Crippen LogP) is 9.15. The fourth-order valence-electron chi connectivity index (χ4n) is 7.05. The Labute approximate surface area is 274 Å². The third kappa shape index (κ3) is 9.51. The zero-order chi connectivity index (χ0) is 33.4. The zero-order valence-electron chi connectivity index (χ0n) is 29.8. The number of carbonyl (C=O) groups excluding carboxylic acids is 1. The molecule has 1 aliphatic heterocycles. The summed E-state index contributed by atoms with van der Waals surface area (Å²) in [4.78, 5) is 11.9. The number of aldehydes is 1. The maximum atomic E-state index is 11.9. The number of carbonyl (C=O) groups is 1. The lowest BCUT2D eigenvalue weighted by atomic mass is 9.82. The molecule has 45 heavy (non-hydrogen) atoms. The largest absolute Gasteiger partial charge is 0.497 e. The SMILES string of the molecule is COc1ccc(CO[C@@H](CC[C@H](C)[C@@H]2O[Si](C(C)(C)C)(C(C)(C)C)O[C@@H]([C@@H](C)COCc3ccccc3)[C@H]2C)[C@H](C)C=O)cc1. The van der Waals surface area contributed by atoms with E-state index in [-0.39, 0.29) is 52.1 Å². The summed E-state index contributed by atoms with van der Waals surface area (Å²) < 4.78 is 32.6. The Bertz CT molecular complexity index is 1140. The highest BCUT2D eigenvalue weighted by atomic mass is 28.4. The summed E-state index contributed by atoms with van der Waals surface area (Å²) in [6.07, 6.45) is 2.56. The number of hydrogen-bond donors (Lipinski definition) is 0. The molecule has 6 nitrogen and oxygen atoms in total. The molecule has 7 heteroatoms. The van der Waals surface area contributed by atoms with Gasteiger partial charge in [-0.1, -0.05) is 112 Å². The summed E-state index contributed by atoms with van der Waals surface area (Å²) in [7, 11) is -1.13. The molecule has 0 saturated carbocycles. The van der Waals surface area contributed by atoms with E-state index in [4.69, 9.17) is 23.1 Å². The first-order chi connectivity index (χ1) is 21.1. The van der Waals surface area contributed by atoms with Crippen molar-refractivity contribution in [1.29, 1.82) is 0 Å². The maximum Gasteiger partial charge on any atom is 0.349 e. The van der Waals surface area contributed by atoms with Crippen molar-refractivity contribution >= 4 is 14.8 Å². The monoisotopic (exact) mass is 640 g/mol. The van der Waals surface area contributed by atoms with Gasteiger partial charge in [-0.15, -0.1) is 0 Å². The van der Waals surface area contributed by atoms with Gasteiger partial charge in [-0.05, 0) is 42.0 Å². The van der Waals surface area contributed by atoms with E-state index in [1.807, 2.05) is 37.3 Å². The molecule has 0 aromatic heterocycles. The molecule has 2 aromatic carbocycles. The molecule has 1 fully saturated rings. The minimum atomic E-state index is -2.79. The van der Waals surface area contributed by atoms with Crippen molar-refractivity contribution in [1.82, 2.24) is 0 Å². The van der Waals surface area contributed by atoms with Crippen LogP contribution in [0.25, 0.3) is 0 Å². The molecule has 0 bridgehead atoms. The van der Waals surface area contributed by atoms with Crippen LogP contribution in [0.3, 0.4) is 0 Å². The molecular weight excluding hydrogens is 580 g/mol. The van der Waals surface area contributed by atoms with Crippen LogP contribution in [0.1, 0.15) is 93.2 Å². The molecule has 1 heterocycles. The van der Waals surface area contributed by atoms with E-state index < -0.39 is 8.56 Å². The van der Waals surface area contributed by atoms with Crippen molar-refractivity contribution in [2.24, 2.45) is 23.7 Å². The van der Waals surface area contributed by atoms with Crippen molar-refractivity contribution in [2.75, 3.05) is 13.7 Å². The van der Waals surface area contributed by atoms with Crippen LogP contribution in [0, 0.1) is 23.7 Å². The Kier molecular flexibility index (Phi) is 13.5. The first-order valence-corrected chi connectivity index (χ1v) is 18.6. The Balaban J connectivity index is 1.78. The van der Waals surface area contributed by atoms with E-state index >= 15 is 0 Å². The number of hydrogen-bond acceptors (Lipinski definition) is 6. The lowest BCUT2D eigenvalue weighted by Gasteiger charge is -2.58. The van der Waals surface area contributed by atoms with E-state index in [9.17, 15) is 4.79 Å². The summed E-state index contributed by atoms with van der Waals surface area (Å²) in [5.74, 6) is 1.26. The van der Waals surface area contributed by atoms with E-state index in [1.54, 1.807) is 7.11 Å². The van der Waals surface area contributed by atoms with E-state index in [0.717, 1.165) is 30.4 Å². The number of rotatable bonds is 15. The second-order valence-electron chi connectivity index (χ2n) is 15.4. The van der Waals surface area contributed by atoms with Crippen molar-refractivity contribution in [2.45, 2.75) is 124 Å². The van der Waals surface area contributed by atoms with Gasteiger partial charge in [0.1, 0.15) is 12.0 Å². The maximum absolute atomic E-state index is 11.9. The summed E-state index contributed by atoms with van der Waals surface area (Å²) in [5, 5.41) is -0.273. The summed E-state index contributed by atoms with van der Waals surface area (Å²) in [6.45, 7) is 24.2. The molecule has 0 amide bonds. The van der Waals surface area contributed by atoms with Gasteiger partial charge in [-0.2, -0.15) is 0 Å². The van der Waals surface area contributed by atoms with Gasteiger partial charge in [0, 0.05) is 27.8 Å². The van der Waals surface area contributed by atoms with Crippen LogP contribution in [-0.4, -0.2) is 46.9 Å². The molecular formula is C38H60O6Si. The number of benzene rings is 2. The Hall–Kier alpha value is -2.03. The van der Waals surface area contributed by atoms with Gasteiger partial charge >= 0.3 is 8.56 Å². The van der Waals surface area contributed by atoms with E-state index in [2.05, 4.69) is 86.6 Å². The molecule has 2 aromatic rings. The summed E-state index contributed by atoms with van der Waals surface area (Å²) in [5.41, 5.74) is 2.24. The van der Waals surface area contributed by atoms with E-state index in [0.29, 0.717) is 19.8 Å². The van der Waals surface area contributed by atoms with Crippen LogP contribution in [0.15, 0.2) is 54.6 Å². The lowest BCUT2D eigenvalue weighted by molar-refractivity contribution is -0.118. The average molecular weight is 641 g/mol. The van der Waals surface area contributed by atoms with Crippen molar-refractivity contribution in [3.05, 3.63) is 65.7 Å². The Morgan fingerprint density at radius 2 is 1.36 bits per heavy atom. The highest BCUT2D eigenvalue weighted by molar-refractivity contribution is 6.73. The molecule has 3 rings (SSSR count). The van der Waals surface area contributed by atoms with Gasteiger partial charge < -0.3 is 27.9 Å². The quantitative estimate of drug-likeness (QED) is 0.143. The molecule has 1 saturated heterocycles. The Morgan fingerprint density at radius 3 is 1.89 bits per heavy atom. The van der Waals surface area contributed by atoms with Gasteiger partial charge in [0.25, 0.3) is 0 Å². The third-order valence-corrected chi connectivity index (χ3v) is 14.7. The van der Waals surface area contributed by atoms with Crippen LogP contribution in [0.4, 0.5) is 0 Å².